The van der Waals surface area contributed by atoms with E-state index < -0.39 is 7.60 Å². The van der Waals surface area contributed by atoms with Gasteiger partial charge in [-0.3, -0.25) is 9.36 Å². The van der Waals surface area contributed by atoms with E-state index in [4.69, 9.17) is 14.5 Å². The Balaban J connectivity index is 3.81. The van der Waals surface area contributed by atoms with Crippen LogP contribution in [0.2, 0.25) is 0 Å². The summed E-state index contributed by atoms with van der Waals surface area (Å²) in [6, 6.07) is 0. The zero-order valence-corrected chi connectivity index (χ0v) is 16.4. The summed E-state index contributed by atoms with van der Waals surface area (Å²) in [7, 11) is -4.05. The zero-order valence-electron chi connectivity index (χ0n) is 15.5. The molecule has 0 fully saturated rings. The minimum atomic E-state index is -4.05. The van der Waals surface area contributed by atoms with E-state index >= 15 is 0 Å². The van der Waals surface area contributed by atoms with Gasteiger partial charge in [0.2, 0.25) is 0 Å². The predicted molar refractivity (Wildman–Crippen MR) is 98.1 cm³/mol. The lowest BCUT2D eigenvalue weighted by atomic mass is 9.97. The average molecular weight is 364 g/mol. The summed E-state index contributed by atoms with van der Waals surface area (Å²) >= 11 is 0. The van der Waals surface area contributed by atoms with Crippen LogP contribution in [0.3, 0.4) is 0 Å². The highest BCUT2D eigenvalue weighted by Crippen LogP contribution is 2.37. The molecule has 0 rings (SSSR count). The summed E-state index contributed by atoms with van der Waals surface area (Å²) in [5.41, 5.74) is 0. The summed E-state index contributed by atoms with van der Waals surface area (Å²) in [5, 5.41) is 0. The third kappa shape index (κ3) is 15.2. The highest BCUT2D eigenvalue weighted by atomic mass is 31.2. The summed E-state index contributed by atoms with van der Waals surface area (Å²) in [6.07, 6.45) is 12.9. The highest BCUT2D eigenvalue weighted by Gasteiger charge is 2.23. The van der Waals surface area contributed by atoms with Gasteiger partial charge in [0.05, 0.1) is 18.7 Å². The number of hydrogen-bond acceptors (Lipinski definition) is 3. The van der Waals surface area contributed by atoms with Gasteiger partial charge in [-0.05, 0) is 19.8 Å². The van der Waals surface area contributed by atoms with Gasteiger partial charge in [0.15, 0.2) is 0 Å². The van der Waals surface area contributed by atoms with Crippen LogP contribution in [0, 0.1) is 5.92 Å². The van der Waals surface area contributed by atoms with Crippen molar-refractivity contribution in [2.24, 2.45) is 5.92 Å². The molecule has 0 aromatic heterocycles. The number of rotatable bonds is 16. The predicted octanol–water partition coefficient (Wildman–Crippen LogP) is 5.04. The van der Waals surface area contributed by atoms with Crippen LogP contribution in [-0.4, -0.2) is 28.5 Å². The Morgan fingerprint density at radius 3 is 1.83 bits per heavy atom. The van der Waals surface area contributed by atoms with Gasteiger partial charge in [0, 0.05) is 0 Å². The molecular formula is C18H37O5P. The second-order valence-electron chi connectivity index (χ2n) is 6.60. The lowest BCUT2D eigenvalue weighted by Gasteiger charge is -2.15. The number of carbonyl (C=O) groups is 1. The zero-order chi connectivity index (χ0) is 18.3. The Kier molecular flexibility index (Phi) is 14.7. The molecule has 24 heavy (non-hydrogen) atoms. The molecule has 0 aliphatic heterocycles. The van der Waals surface area contributed by atoms with Gasteiger partial charge in [-0.1, -0.05) is 71.1 Å². The van der Waals surface area contributed by atoms with Crippen LogP contribution in [0.25, 0.3) is 0 Å². The molecular weight excluding hydrogens is 327 g/mol. The normalized spacial score (nSPS) is 13.0. The van der Waals surface area contributed by atoms with Crippen molar-refractivity contribution in [3.63, 3.8) is 0 Å². The Morgan fingerprint density at radius 2 is 1.38 bits per heavy atom. The van der Waals surface area contributed by atoms with E-state index in [0.29, 0.717) is 13.0 Å². The standard InChI is InChI=1S/C18H37O5P/c1-3-5-6-7-8-9-10-11-12-13-14-17(18(19)23-4-2)15-16-24(20,21)22/h17H,3-16H2,1-2H3,(H2,20,21,22). The molecule has 0 aliphatic carbocycles. The molecule has 6 heteroatoms. The van der Waals surface area contributed by atoms with E-state index in [2.05, 4.69) is 6.92 Å². The molecule has 2 N–H and O–H groups in total. The molecule has 0 aliphatic rings. The van der Waals surface area contributed by atoms with Crippen molar-refractivity contribution in [3.8, 4) is 0 Å². The van der Waals surface area contributed by atoms with Gasteiger partial charge in [-0.25, -0.2) is 0 Å². The molecule has 0 spiro atoms. The van der Waals surface area contributed by atoms with Gasteiger partial charge in [-0.15, -0.1) is 0 Å². The molecule has 5 nitrogen and oxygen atoms in total. The number of hydrogen-bond donors (Lipinski definition) is 2. The molecule has 0 aromatic rings. The molecule has 1 unspecified atom stereocenters. The molecule has 0 radical (unpaired) electrons. The summed E-state index contributed by atoms with van der Waals surface area (Å²) in [5.74, 6) is -0.700. The first kappa shape index (κ1) is 23.6. The van der Waals surface area contributed by atoms with Crippen molar-refractivity contribution in [2.75, 3.05) is 12.8 Å². The topological polar surface area (TPSA) is 83.8 Å². The molecule has 0 heterocycles. The van der Waals surface area contributed by atoms with E-state index in [-0.39, 0.29) is 24.5 Å². The van der Waals surface area contributed by atoms with Crippen LogP contribution in [0.4, 0.5) is 0 Å². The average Bonchev–Trinajstić information content (AvgIpc) is 2.51. The summed E-state index contributed by atoms with van der Waals surface area (Å²) < 4.78 is 16.0. The van der Waals surface area contributed by atoms with Crippen LogP contribution in [-0.2, 0) is 14.1 Å². The maximum atomic E-state index is 11.9. The monoisotopic (exact) mass is 364 g/mol. The smallest absolute Gasteiger partial charge is 0.325 e. The fourth-order valence-electron chi connectivity index (χ4n) is 2.84. The maximum Gasteiger partial charge on any atom is 0.325 e. The van der Waals surface area contributed by atoms with Crippen molar-refractivity contribution >= 4 is 13.6 Å². The molecule has 0 saturated carbocycles. The lowest BCUT2D eigenvalue weighted by Crippen LogP contribution is -2.19. The van der Waals surface area contributed by atoms with Gasteiger partial charge >= 0.3 is 13.6 Å². The quantitative estimate of drug-likeness (QED) is 0.228. The number of carbonyl (C=O) groups excluding carboxylic acids is 1. The van der Waals surface area contributed by atoms with Crippen LogP contribution >= 0.6 is 7.60 Å². The van der Waals surface area contributed by atoms with Crippen molar-refractivity contribution < 1.29 is 23.9 Å². The van der Waals surface area contributed by atoms with Crippen LogP contribution in [0.15, 0.2) is 0 Å². The third-order valence-electron chi connectivity index (χ3n) is 4.29. The third-order valence-corrected chi connectivity index (χ3v) is 5.14. The summed E-state index contributed by atoms with van der Waals surface area (Å²) in [4.78, 5) is 29.8. The molecule has 0 saturated heterocycles. The second-order valence-corrected chi connectivity index (χ2v) is 8.37. The van der Waals surface area contributed by atoms with E-state index in [1.165, 1.54) is 51.4 Å². The second kappa shape index (κ2) is 14.9. The molecule has 0 aromatic carbocycles. The maximum absolute atomic E-state index is 11.9. The Bertz CT molecular complexity index is 353. The van der Waals surface area contributed by atoms with Crippen molar-refractivity contribution in [2.45, 2.75) is 90.9 Å². The Labute approximate surface area is 147 Å². The largest absolute Gasteiger partial charge is 0.466 e. The fraction of sp³-hybridized carbons (Fsp3) is 0.944. The first-order valence-corrected chi connectivity index (χ1v) is 11.4. The first-order chi connectivity index (χ1) is 11.4. The van der Waals surface area contributed by atoms with Crippen LogP contribution < -0.4 is 0 Å². The Hall–Kier alpha value is -0.380. The van der Waals surface area contributed by atoms with E-state index in [1.54, 1.807) is 6.92 Å². The Morgan fingerprint density at radius 1 is 0.875 bits per heavy atom. The number of esters is 1. The lowest BCUT2D eigenvalue weighted by molar-refractivity contribution is -0.148. The van der Waals surface area contributed by atoms with Gasteiger partial charge in [-0.2, -0.15) is 0 Å². The van der Waals surface area contributed by atoms with Crippen molar-refractivity contribution in [3.05, 3.63) is 0 Å². The van der Waals surface area contributed by atoms with E-state index in [0.717, 1.165) is 12.8 Å². The molecule has 1 atom stereocenters. The summed E-state index contributed by atoms with van der Waals surface area (Å²) in [6.45, 7) is 4.28. The minimum absolute atomic E-state index is 0.209. The minimum Gasteiger partial charge on any atom is -0.466 e. The van der Waals surface area contributed by atoms with Crippen LogP contribution in [0.1, 0.15) is 90.9 Å². The molecule has 144 valence electrons. The van der Waals surface area contributed by atoms with Gasteiger partial charge in [0.25, 0.3) is 0 Å². The number of ether oxygens (including phenoxy) is 1. The van der Waals surface area contributed by atoms with Crippen molar-refractivity contribution in [1.82, 2.24) is 0 Å². The van der Waals surface area contributed by atoms with E-state index in [1.807, 2.05) is 0 Å². The van der Waals surface area contributed by atoms with Gasteiger partial charge < -0.3 is 14.5 Å². The molecule has 0 amide bonds. The SMILES string of the molecule is CCCCCCCCCCCCC(CCP(=O)(O)O)C(=O)OCC. The molecule has 0 bridgehead atoms. The fourth-order valence-corrected chi connectivity index (χ4v) is 3.49. The van der Waals surface area contributed by atoms with Crippen molar-refractivity contribution in [1.29, 1.82) is 0 Å². The number of unbranched alkanes of at least 4 members (excludes halogenated alkanes) is 9. The first-order valence-electron chi connectivity index (χ1n) is 9.62. The van der Waals surface area contributed by atoms with E-state index in [9.17, 15) is 9.36 Å². The van der Waals surface area contributed by atoms with Gasteiger partial charge in [0.1, 0.15) is 0 Å². The highest BCUT2D eigenvalue weighted by molar-refractivity contribution is 7.51. The van der Waals surface area contributed by atoms with Crippen LogP contribution in [0.5, 0.6) is 0 Å².